The van der Waals surface area contributed by atoms with Crippen LogP contribution in [-0.4, -0.2) is 103 Å². The molecular weight excluding hydrogens is 324 g/mol. The van der Waals surface area contributed by atoms with Crippen LogP contribution in [0.3, 0.4) is 0 Å². The van der Waals surface area contributed by atoms with Gasteiger partial charge in [-0.15, -0.1) is 0 Å². The second kappa shape index (κ2) is 11.2. The Labute approximate surface area is 129 Å². The zero-order chi connectivity index (χ0) is 17.9. The molecule has 0 saturated heterocycles. The summed E-state index contributed by atoms with van der Waals surface area (Å²) in [6.07, 6.45) is 0.715. The molecule has 0 heterocycles. The first-order valence-electron chi connectivity index (χ1n) is 6.23. The zero-order valence-corrected chi connectivity index (χ0v) is 13.2. The lowest BCUT2D eigenvalue weighted by atomic mass is 9.91. The standard InChI is InChI=1S/C10H22O7.CH4O3S/c11-1-9(2-12,3-13)7-17-8-10(4-14,5-15)6-16;1-5(2,3)4/h11-16H,1-8H2;1H3,(H,2,3,4). The molecule has 0 aliphatic rings. The second-order valence-corrected chi connectivity index (χ2v) is 6.64. The maximum absolute atomic E-state index is 9.19. The minimum Gasteiger partial charge on any atom is -0.396 e. The van der Waals surface area contributed by atoms with Crippen molar-refractivity contribution in [2.45, 2.75) is 0 Å². The molecule has 0 bridgehead atoms. The van der Waals surface area contributed by atoms with Crippen LogP contribution in [-0.2, 0) is 14.9 Å². The minimum atomic E-state index is -3.67. The molecule has 0 aromatic carbocycles. The molecule has 136 valence electrons. The van der Waals surface area contributed by atoms with Gasteiger partial charge >= 0.3 is 0 Å². The summed E-state index contributed by atoms with van der Waals surface area (Å²) in [4.78, 5) is 0. The van der Waals surface area contributed by atoms with Gasteiger partial charge in [-0.25, -0.2) is 0 Å². The zero-order valence-electron chi connectivity index (χ0n) is 12.4. The number of aliphatic hydroxyl groups excluding tert-OH is 6. The van der Waals surface area contributed by atoms with Gasteiger partial charge in [0.1, 0.15) is 0 Å². The average molecular weight is 350 g/mol. The van der Waals surface area contributed by atoms with Crippen LogP contribution in [0.15, 0.2) is 0 Å². The van der Waals surface area contributed by atoms with Crippen molar-refractivity contribution in [1.82, 2.24) is 0 Å². The van der Waals surface area contributed by atoms with Gasteiger partial charge in [-0.2, -0.15) is 8.42 Å². The number of ether oxygens (including phenoxy) is 1. The van der Waals surface area contributed by atoms with E-state index in [0.717, 1.165) is 0 Å². The van der Waals surface area contributed by atoms with Crippen molar-refractivity contribution in [2.75, 3.05) is 59.1 Å². The van der Waals surface area contributed by atoms with Crippen LogP contribution in [0.5, 0.6) is 0 Å². The highest BCUT2D eigenvalue weighted by atomic mass is 32.2. The van der Waals surface area contributed by atoms with Gasteiger partial charge in [0.05, 0.1) is 69.9 Å². The Morgan fingerprint density at radius 3 is 1.05 bits per heavy atom. The van der Waals surface area contributed by atoms with E-state index in [1.165, 1.54) is 0 Å². The molecule has 0 atom stereocenters. The third-order valence-electron chi connectivity index (χ3n) is 2.83. The minimum absolute atomic E-state index is 0.141. The normalized spacial score (nSPS) is 12.7. The fraction of sp³-hybridized carbons (Fsp3) is 1.00. The van der Waals surface area contributed by atoms with Crippen molar-refractivity contribution >= 4 is 10.1 Å². The molecule has 0 rings (SSSR count). The molecule has 0 radical (unpaired) electrons. The summed E-state index contributed by atoms with van der Waals surface area (Å²) in [7, 11) is -3.67. The molecule has 0 aromatic rings. The lowest BCUT2D eigenvalue weighted by Gasteiger charge is -2.31. The van der Waals surface area contributed by atoms with E-state index in [0.29, 0.717) is 6.26 Å². The number of aliphatic hydroxyl groups is 6. The van der Waals surface area contributed by atoms with Gasteiger partial charge in [-0.1, -0.05) is 0 Å². The van der Waals surface area contributed by atoms with Crippen LogP contribution in [0.1, 0.15) is 0 Å². The molecule has 0 amide bonds. The molecule has 0 saturated carbocycles. The van der Waals surface area contributed by atoms with E-state index < -0.39 is 60.6 Å². The molecule has 0 fully saturated rings. The molecule has 10 nitrogen and oxygen atoms in total. The number of hydrogen-bond acceptors (Lipinski definition) is 9. The Kier molecular flexibility index (Phi) is 12.2. The highest BCUT2D eigenvalue weighted by molar-refractivity contribution is 7.85. The van der Waals surface area contributed by atoms with Crippen LogP contribution >= 0.6 is 0 Å². The van der Waals surface area contributed by atoms with Crippen molar-refractivity contribution in [2.24, 2.45) is 10.8 Å². The Morgan fingerprint density at radius 1 is 0.727 bits per heavy atom. The fourth-order valence-corrected chi connectivity index (χ4v) is 1.06. The van der Waals surface area contributed by atoms with E-state index >= 15 is 0 Å². The summed E-state index contributed by atoms with van der Waals surface area (Å²) in [6.45, 7) is -3.01. The lowest BCUT2D eigenvalue weighted by molar-refractivity contribution is -0.103. The van der Waals surface area contributed by atoms with Gasteiger partial charge in [-0.05, 0) is 0 Å². The molecule has 0 spiro atoms. The van der Waals surface area contributed by atoms with Gasteiger partial charge in [0.2, 0.25) is 0 Å². The summed E-state index contributed by atoms with van der Waals surface area (Å²) >= 11 is 0. The van der Waals surface area contributed by atoms with E-state index in [1.807, 2.05) is 0 Å². The van der Waals surface area contributed by atoms with E-state index in [2.05, 4.69) is 0 Å². The predicted molar refractivity (Wildman–Crippen MR) is 75.7 cm³/mol. The van der Waals surface area contributed by atoms with E-state index in [4.69, 9.17) is 39.9 Å². The van der Waals surface area contributed by atoms with Crippen molar-refractivity contribution in [1.29, 1.82) is 0 Å². The van der Waals surface area contributed by atoms with Crippen LogP contribution < -0.4 is 0 Å². The summed E-state index contributed by atoms with van der Waals surface area (Å²) in [5.41, 5.74) is -2.32. The quantitative estimate of drug-likeness (QED) is 0.194. The maximum atomic E-state index is 9.19. The smallest absolute Gasteiger partial charge is 0.261 e. The highest BCUT2D eigenvalue weighted by Crippen LogP contribution is 2.19. The molecule has 0 aliphatic carbocycles. The molecule has 7 N–H and O–H groups in total. The van der Waals surface area contributed by atoms with Crippen molar-refractivity contribution in [3.63, 3.8) is 0 Å². The van der Waals surface area contributed by atoms with Crippen LogP contribution in [0.4, 0.5) is 0 Å². The monoisotopic (exact) mass is 350 g/mol. The average Bonchev–Trinajstić information content (AvgIpc) is 2.47. The summed E-state index contributed by atoms with van der Waals surface area (Å²) in [5, 5.41) is 54.2. The largest absolute Gasteiger partial charge is 0.396 e. The van der Waals surface area contributed by atoms with E-state index in [-0.39, 0.29) is 13.2 Å². The molecule has 0 aromatic heterocycles. The summed E-state index contributed by atoms with van der Waals surface area (Å²) in [5.74, 6) is 0. The predicted octanol–water partition coefficient (Wildman–Crippen LogP) is -3.57. The van der Waals surface area contributed by atoms with Gasteiger partial charge in [0.25, 0.3) is 10.1 Å². The fourth-order valence-electron chi connectivity index (χ4n) is 1.06. The first-order valence-corrected chi connectivity index (χ1v) is 8.08. The molecular formula is C11H26O10S. The number of hydrogen-bond donors (Lipinski definition) is 7. The Bertz CT molecular complexity index is 317. The number of rotatable bonds is 10. The Morgan fingerprint density at radius 2 is 0.909 bits per heavy atom. The molecule has 0 aliphatic heterocycles. The topological polar surface area (TPSA) is 185 Å². The van der Waals surface area contributed by atoms with Crippen LogP contribution in [0.25, 0.3) is 0 Å². The SMILES string of the molecule is CS(=O)(=O)O.OCC(CO)(CO)COCC(CO)(CO)CO. The van der Waals surface area contributed by atoms with Gasteiger partial charge in [0.15, 0.2) is 0 Å². The van der Waals surface area contributed by atoms with Crippen molar-refractivity contribution in [3.05, 3.63) is 0 Å². The first kappa shape index (κ1) is 23.9. The highest BCUT2D eigenvalue weighted by Gasteiger charge is 2.32. The maximum Gasteiger partial charge on any atom is 0.261 e. The lowest BCUT2D eigenvalue weighted by Crippen LogP contribution is -2.43. The Hall–Kier alpha value is -0.370. The van der Waals surface area contributed by atoms with Gasteiger partial charge < -0.3 is 35.4 Å². The molecule has 0 unspecified atom stereocenters. The van der Waals surface area contributed by atoms with E-state index in [1.54, 1.807) is 0 Å². The third-order valence-corrected chi connectivity index (χ3v) is 2.83. The van der Waals surface area contributed by atoms with Crippen molar-refractivity contribution in [3.8, 4) is 0 Å². The second-order valence-electron chi connectivity index (χ2n) is 5.17. The Balaban J connectivity index is 0. The van der Waals surface area contributed by atoms with Gasteiger partial charge in [-0.3, -0.25) is 4.55 Å². The summed E-state index contributed by atoms with van der Waals surface area (Å²) in [6, 6.07) is 0. The summed E-state index contributed by atoms with van der Waals surface area (Å²) < 4.78 is 31.0. The van der Waals surface area contributed by atoms with Crippen LogP contribution in [0.2, 0.25) is 0 Å². The third kappa shape index (κ3) is 10.4. The van der Waals surface area contributed by atoms with E-state index in [9.17, 15) is 8.42 Å². The van der Waals surface area contributed by atoms with Crippen LogP contribution in [0, 0.1) is 10.8 Å². The molecule has 22 heavy (non-hydrogen) atoms. The van der Waals surface area contributed by atoms with Crippen molar-refractivity contribution < 1.29 is 48.3 Å². The first-order chi connectivity index (χ1) is 10.1. The molecule has 11 heteroatoms. The van der Waals surface area contributed by atoms with Gasteiger partial charge in [0, 0.05) is 0 Å².